The maximum atomic E-state index is 5.86. The fourth-order valence-corrected chi connectivity index (χ4v) is 1.45. The minimum Gasteiger partial charge on any atom is -0.489 e. The summed E-state index contributed by atoms with van der Waals surface area (Å²) in [6.45, 7) is 6.04. The molecule has 0 amide bonds. The predicted octanol–water partition coefficient (Wildman–Crippen LogP) is 1.85. The highest BCUT2D eigenvalue weighted by Gasteiger charge is 2.24. The molecule has 0 saturated heterocycles. The lowest BCUT2D eigenvalue weighted by Crippen LogP contribution is -2.38. The first-order valence-electron chi connectivity index (χ1n) is 5.31. The molecule has 0 bridgehead atoms. The maximum absolute atomic E-state index is 5.86. The molecule has 1 aromatic rings. The maximum Gasteiger partial charge on any atom is 0.497 e. The molecule has 0 saturated carbocycles. The van der Waals surface area contributed by atoms with E-state index in [0.717, 1.165) is 11.2 Å². The van der Waals surface area contributed by atoms with E-state index in [-0.39, 0.29) is 5.60 Å². The first-order chi connectivity index (χ1) is 7.48. The van der Waals surface area contributed by atoms with Crippen molar-refractivity contribution in [1.29, 1.82) is 0 Å². The van der Waals surface area contributed by atoms with Crippen LogP contribution < -0.4 is 10.2 Å². The van der Waals surface area contributed by atoms with E-state index < -0.39 is 7.12 Å². The Morgan fingerprint density at radius 2 is 1.56 bits per heavy atom. The largest absolute Gasteiger partial charge is 0.497 e. The smallest absolute Gasteiger partial charge is 0.489 e. The second-order valence-electron chi connectivity index (χ2n) is 4.56. The average Bonchev–Trinajstić information content (AvgIpc) is 2.20. The summed E-state index contributed by atoms with van der Waals surface area (Å²) >= 11 is 0. The fraction of sp³-hybridized carbons (Fsp3) is 0.500. The number of rotatable bonds is 4. The van der Waals surface area contributed by atoms with Crippen LogP contribution in [0.4, 0.5) is 0 Å². The molecular formula is C12H19BO3. The minimum absolute atomic E-state index is 0.234. The van der Waals surface area contributed by atoms with Crippen molar-refractivity contribution in [3.05, 3.63) is 24.3 Å². The molecule has 0 spiro atoms. The molecule has 0 atom stereocenters. The minimum atomic E-state index is -0.390. The third kappa shape index (κ3) is 3.54. The molecule has 0 radical (unpaired) electrons. The zero-order valence-corrected chi connectivity index (χ0v) is 10.6. The molecule has 0 unspecified atom stereocenters. The molecule has 1 rings (SSSR count). The van der Waals surface area contributed by atoms with Crippen molar-refractivity contribution >= 4 is 12.6 Å². The fourth-order valence-electron chi connectivity index (χ4n) is 1.45. The third-order valence-electron chi connectivity index (χ3n) is 2.02. The van der Waals surface area contributed by atoms with Gasteiger partial charge in [-0.15, -0.1) is 0 Å². The summed E-state index contributed by atoms with van der Waals surface area (Å²) in [6.07, 6.45) is 0. The van der Waals surface area contributed by atoms with Crippen LogP contribution in [0, 0.1) is 0 Å². The zero-order chi connectivity index (χ0) is 12.2. The summed E-state index contributed by atoms with van der Waals surface area (Å²) in [5, 5.41) is 0. The molecule has 0 heterocycles. The van der Waals surface area contributed by atoms with Crippen LogP contribution in [0.15, 0.2) is 24.3 Å². The Hall–Kier alpha value is -0.995. The van der Waals surface area contributed by atoms with E-state index >= 15 is 0 Å². The van der Waals surface area contributed by atoms with Gasteiger partial charge in [-0.1, -0.05) is 18.2 Å². The van der Waals surface area contributed by atoms with Crippen molar-refractivity contribution in [2.24, 2.45) is 0 Å². The number of hydrogen-bond donors (Lipinski definition) is 0. The van der Waals surface area contributed by atoms with Gasteiger partial charge in [0.05, 0.1) is 0 Å². The Labute approximate surface area is 97.9 Å². The summed E-state index contributed by atoms with van der Waals surface area (Å²) < 4.78 is 16.3. The van der Waals surface area contributed by atoms with Gasteiger partial charge in [0.15, 0.2) is 0 Å². The van der Waals surface area contributed by atoms with E-state index in [4.69, 9.17) is 14.0 Å². The molecule has 0 aromatic heterocycles. The Kier molecular flexibility index (Phi) is 4.39. The van der Waals surface area contributed by atoms with Gasteiger partial charge in [0.25, 0.3) is 0 Å². The monoisotopic (exact) mass is 222 g/mol. The molecule has 0 fully saturated rings. The molecule has 88 valence electrons. The van der Waals surface area contributed by atoms with Crippen LogP contribution in [0.3, 0.4) is 0 Å². The highest BCUT2D eigenvalue weighted by molar-refractivity contribution is 6.62. The van der Waals surface area contributed by atoms with Crippen LogP contribution in [-0.4, -0.2) is 26.9 Å². The first kappa shape index (κ1) is 13.1. The highest BCUT2D eigenvalue weighted by atomic mass is 16.6. The van der Waals surface area contributed by atoms with E-state index in [0.29, 0.717) is 0 Å². The van der Waals surface area contributed by atoms with Crippen LogP contribution in [0.5, 0.6) is 5.75 Å². The van der Waals surface area contributed by atoms with E-state index in [1.54, 1.807) is 14.2 Å². The van der Waals surface area contributed by atoms with Crippen molar-refractivity contribution in [3.63, 3.8) is 0 Å². The van der Waals surface area contributed by atoms with Gasteiger partial charge >= 0.3 is 7.12 Å². The van der Waals surface area contributed by atoms with Gasteiger partial charge in [0, 0.05) is 19.7 Å². The standard InChI is InChI=1S/C12H19BO3/c1-12(2,3)16-11-9-7-6-8-10(11)13(14-4)15-5/h6-9H,1-5H3. The van der Waals surface area contributed by atoms with Gasteiger partial charge in [-0.2, -0.15) is 0 Å². The molecule has 16 heavy (non-hydrogen) atoms. The molecule has 1 aromatic carbocycles. The zero-order valence-electron chi connectivity index (χ0n) is 10.6. The molecule has 4 heteroatoms. The average molecular weight is 222 g/mol. The second kappa shape index (κ2) is 5.37. The molecule has 3 nitrogen and oxygen atoms in total. The van der Waals surface area contributed by atoms with Gasteiger partial charge in [0.1, 0.15) is 11.4 Å². The lowest BCUT2D eigenvalue weighted by molar-refractivity contribution is 0.131. The Bertz CT molecular complexity index is 329. The van der Waals surface area contributed by atoms with E-state index in [9.17, 15) is 0 Å². The number of para-hydroxylation sites is 1. The van der Waals surface area contributed by atoms with Crippen LogP contribution in [0.1, 0.15) is 20.8 Å². The quantitative estimate of drug-likeness (QED) is 0.727. The van der Waals surface area contributed by atoms with Crippen molar-refractivity contribution in [3.8, 4) is 5.75 Å². The first-order valence-corrected chi connectivity index (χ1v) is 5.31. The number of hydrogen-bond acceptors (Lipinski definition) is 3. The summed E-state index contributed by atoms with van der Waals surface area (Å²) in [7, 11) is 2.84. The molecule has 0 aliphatic carbocycles. The molecule has 0 N–H and O–H groups in total. The summed E-state index contributed by atoms with van der Waals surface area (Å²) in [5.41, 5.74) is 0.671. The van der Waals surface area contributed by atoms with Crippen LogP contribution in [0.2, 0.25) is 0 Å². The van der Waals surface area contributed by atoms with Crippen LogP contribution in [0.25, 0.3) is 0 Å². The van der Waals surface area contributed by atoms with Gasteiger partial charge in [-0.25, -0.2) is 0 Å². The summed E-state index contributed by atoms with van der Waals surface area (Å²) in [6, 6.07) is 7.74. The van der Waals surface area contributed by atoms with Gasteiger partial charge in [0.2, 0.25) is 0 Å². The summed E-state index contributed by atoms with van der Waals surface area (Å²) in [4.78, 5) is 0. The van der Waals surface area contributed by atoms with E-state index in [1.165, 1.54) is 0 Å². The lowest BCUT2D eigenvalue weighted by atomic mass is 9.78. The Balaban J connectivity index is 3.00. The predicted molar refractivity (Wildman–Crippen MR) is 66.2 cm³/mol. The van der Waals surface area contributed by atoms with Crippen molar-refractivity contribution < 1.29 is 14.0 Å². The van der Waals surface area contributed by atoms with Crippen molar-refractivity contribution in [2.45, 2.75) is 26.4 Å². The van der Waals surface area contributed by atoms with Crippen LogP contribution >= 0.6 is 0 Å². The van der Waals surface area contributed by atoms with Crippen molar-refractivity contribution in [2.75, 3.05) is 14.2 Å². The molecular weight excluding hydrogens is 203 g/mol. The number of ether oxygens (including phenoxy) is 1. The summed E-state index contributed by atoms with van der Waals surface area (Å²) in [5.74, 6) is 0.795. The molecule has 0 aliphatic heterocycles. The van der Waals surface area contributed by atoms with E-state index in [1.807, 2.05) is 45.0 Å². The van der Waals surface area contributed by atoms with Crippen molar-refractivity contribution in [1.82, 2.24) is 0 Å². The van der Waals surface area contributed by atoms with Gasteiger partial charge in [-0.3, -0.25) is 0 Å². The lowest BCUT2D eigenvalue weighted by Gasteiger charge is -2.24. The topological polar surface area (TPSA) is 27.7 Å². The molecule has 0 aliphatic rings. The number of benzene rings is 1. The third-order valence-corrected chi connectivity index (χ3v) is 2.02. The SMILES string of the molecule is COB(OC)c1ccccc1OC(C)(C)C. The van der Waals surface area contributed by atoms with Crippen LogP contribution in [-0.2, 0) is 9.31 Å². The normalized spacial score (nSPS) is 11.3. The Morgan fingerprint density at radius 1 is 1.00 bits per heavy atom. The second-order valence-corrected chi connectivity index (χ2v) is 4.56. The van der Waals surface area contributed by atoms with Gasteiger partial charge in [-0.05, 0) is 26.8 Å². The van der Waals surface area contributed by atoms with Gasteiger partial charge < -0.3 is 14.0 Å². The Morgan fingerprint density at radius 3 is 2.06 bits per heavy atom. The highest BCUT2D eigenvalue weighted by Crippen LogP contribution is 2.16. The van der Waals surface area contributed by atoms with E-state index in [2.05, 4.69) is 0 Å².